The van der Waals surface area contributed by atoms with Crippen molar-refractivity contribution in [1.29, 1.82) is 0 Å². The SMILES string of the molecule is N[C@H]1CC[C@@H](N[C@@H]2C[C@H]2c2ccc(C3=CCCC(C(F)(F)F)=C3)cc2)CC1. The fourth-order valence-electron chi connectivity index (χ4n) is 4.39. The Hall–Kier alpha value is -1.59. The third-order valence-electron chi connectivity index (χ3n) is 6.16. The predicted octanol–water partition coefficient (Wildman–Crippen LogP) is 5.07. The summed E-state index contributed by atoms with van der Waals surface area (Å²) >= 11 is 0. The van der Waals surface area contributed by atoms with Gasteiger partial charge in [0.2, 0.25) is 0 Å². The first-order valence-electron chi connectivity index (χ1n) is 10.00. The van der Waals surface area contributed by atoms with Gasteiger partial charge in [-0.15, -0.1) is 0 Å². The molecular formula is C22H27F3N2. The first-order chi connectivity index (χ1) is 12.9. The largest absolute Gasteiger partial charge is 0.412 e. The maximum atomic E-state index is 13.0. The molecule has 3 aliphatic carbocycles. The molecule has 0 aromatic heterocycles. The first-order valence-corrected chi connectivity index (χ1v) is 10.00. The molecule has 0 bridgehead atoms. The predicted molar refractivity (Wildman–Crippen MR) is 102 cm³/mol. The van der Waals surface area contributed by atoms with Gasteiger partial charge in [-0.3, -0.25) is 0 Å². The third-order valence-corrected chi connectivity index (χ3v) is 6.16. The van der Waals surface area contributed by atoms with Crippen LogP contribution < -0.4 is 11.1 Å². The molecule has 3 aliphatic rings. The number of hydrogen-bond acceptors (Lipinski definition) is 2. The Morgan fingerprint density at radius 2 is 1.70 bits per heavy atom. The van der Waals surface area contributed by atoms with Gasteiger partial charge in [-0.2, -0.15) is 13.2 Å². The van der Waals surface area contributed by atoms with E-state index in [-0.39, 0.29) is 6.42 Å². The normalized spacial score (nSPS) is 31.3. The van der Waals surface area contributed by atoms with Crippen LogP contribution in [0.25, 0.3) is 5.57 Å². The van der Waals surface area contributed by atoms with Crippen molar-refractivity contribution < 1.29 is 13.2 Å². The van der Waals surface area contributed by atoms with E-state index in [1.54, 1.807) is 0 Å². The summed E-state index contributed by atoms with van der Waals surface area (Å²) in [6.45, 7) is 0. The maximum absolute atomic E-state index is 13.0. The van der Waals surface area contributed by atoms with Gasteiger partial charge >= 0.3 is 6.18 Å². The van der Waals surface area contributed by atoms with Gasteiger partial charge in [-0.05, 0) is 67.7 Å². The molecule has 2 saturated carbocycles. The maximum Gasteiger partial charge on any atom is 0.412 e. The van der Waals surface area contributed by atoms with Crippen molar-refractivity contribution in [2.75, 3.05) is 0 Å². The second-order valence-electron chi connectivity index (χ2n) is 8.21. The van der Waals surface area contributed by atoms with Crippen LogP contribution in [-0.4, -0.2) is 24.3 Å². The lowest BCUT2D eigenvalue weighted by Crippen LogP contribution is -2.38. The van der Waals surface area contributed by atoms with Crippen molar-refractivity contribution in [1.82, 2.24) is 5.32 Å². The third kappa shape index (κ3) is 4.46. The molecule has 27 heavy (non-hydrogen) atoms. The van der Waals surface area contributed by atoms with E-state index in [0.717, 1.165) is 37.7 Å². The van der Waals surface area contributed by atoms with Gasteiger partial charge in [-0.1, -0.05) is 30.3 Å². The lowest BCUT2D eigenvalue weighted by Gasteiger charge is -2.27. The number of benzene rings is 1. The summed E-state index contributed by atoms with van der Waals surface area (Å²) in [5, 5.41) is 3.76. The monoisotopic (exact) mass is 376 g/mol. The molecule has 4 rings (SSSR count). The molecule has 2 nitrogen and oxygen atoms in total. The van der Waals surface area contributed by atoms with E-state index in [1.165, 1.54) is 11.6 Å². The molecule has 0 saturated heterocycles. The molecule has 0 aliphatic heterocycles. The Labute approximate surface area is 158 Å². The summed E-state index contributed by atoms with van der Waals surface area (Å²) < 4.78 is 38.9. The number of halogens is 3. The van der Waals surface area contributed by atoms with E-state index in [9.17, 15) is 13.2 Å². The molecule has 0 heterocycles. The molecule has 2 atom stereocenters. The zero-order valence-electron chi connectivity index (χ0n) is 15.4. The van der Waals surface area contributed by atoms with Gasteiger partial charge < -0.3 is 11.1 Å². The van der Waals surface area contributed by atoms with Crippen molar-refractivity contribution in [3.05, 3.63) is 53.1 Å². The Morgan fingerprint density at radius 1 is 1.00 bits per heavy atom. The van der Waals surface area contributed by atoms with Gasteiger partial charge in [0, 0.05) is 29.6 Å². The van der Waals surface area contributed by atoms with Crippen molar-refractivity contribution in [2.45, 2.75) is 75.2 Å². The number of nitrogens with one attached hydrogen (secondary N) is 1. The van der Waals surface area contributed by atoms with E-state index >= 15 is 0 Å². The summed E-state index contributed by atoms with van der Waals surface area (Å²) in [4.78, 5) is 0. The quantitative estimate of drug-likeness (QED) is 0.770. The Morgan fingerprint density at radius 3 is 2.37 bits per heavy atom. The highest BCUT2D eigenvalue weighted by Crippen LogP contribution is 2.42. The lowest BCUT2D eigenvalue weighted by atomic mass is 9.91. The molecule has 5 heteroatoms. The fraction of sp³-hybridized carbons (Fsp3) is 0.545. The van der Waals surface area contributed by atoms with Gasteiger partial charge in [0.15, 0.2) is 0 Å². The van der Waals surface area contributed by atoms with Crippen LogP contribution in [0, 0.1) is 0 Å². The standard InChI is InChI=1S/C22H27F3N2/c23-22(24,25)17-3-1-2-16(12-17)14-4-6-15(7-5-14)20-13-21(20)27-19-10-8-18(26)9-11-19/h2,4-7,12,18-21,27H,1,3,8-11,13,26H2/t18-,19+,20-,21+/m0/s1. The minimum Gasteiger partial charge on any atom is -0.328 e. The zero-order valence-corrected chi connectivity index (χ0v) is 15.4. The van der Waals surface area contributed by atoms with Crippen LogP contribution >= 0.6 is 0 Å². The average Bonchev–Trinajstić information content (AvgIpc) is 3.42. The van der Waals surface area contributed by atoms with E-state index in [1.807, 2.05) is 18.2 Å². The number of nitrogens with two attached hydrogens (primary N) is 1. The lowest BCUT2D eigenvalue weighted by molar-refractivity contribution is -0.0939. The van der Waals surface area contributed by atoms with Crippen LogP contribution in [0.4, 0.5) is 13.2 Å². The first kappa shape index (κ1) is 18.8. The number of rotatable bonds is 4. The van der Waals surface area contributed by atoms with Crippen LogP contribution in [0.3, 0.4) is 0 Å². The second-order valence-corrected chi connectivity index (χ2v) is 8.21. The minimum absolute atomic E-state index is 0.0760. The van der Waals surface area contributed by atoms with Gasteiger partial charge in [0.25, 0.3) is 0 Å². The number of alkyl halides is 3. The highest BCUT2D eigenvalue weighted by atomic mass is 19.4. The molecule has 0 unspecified atom stereocenters. The van der Waals surface area contributed by atoms with Gasteiger partial charge in [0.05, 0.1) is 0 Å². The average molecular weight is 376 g/mol. The minimum atomic E-state index is -4.23. The van der Waals surface area contributed by atoms with Crippen LogP contribution in [-0.2, 0) is 0 Å². The fourth-order valence-corrected chi connectivity index (χ4v) is 4.39. The summed E-state index contributed by atoms with van der Waals surface area (Å²) in [7, 11) is 0. The zero-order chi connectivity index (χ0) is 19.0. The summed E-state index contributed by atoms with van der Waals surface area (Å²) in [5.41, 5.74) is 8.37. The number of hydrogen-bond donors (Lipinski definition) is 2. The summed E-state index contributed by atoms with van der Waals surface area (Å²) in [6.07, 6.45) is 5.16. The summed E-state index contributed by atoms with van der Waals surface area (Å²) in [6, 6.07) is 9.56. The van der Waals surface area contributed by atoms with Crippen LogP contribution in [0.2, 0.25) is 0 Å². The Bertz CT molecular complexity index is 725. The molecule has 2 fully saturated rings. The van der Waals surface area contributed by atoms with Crippen molar-refractivity contribution in [3.8, 4) is 0 Å². The van der Waals surface area contributed by atoms with E-state index < -0.39 is 11.7 Å². The van der Waals surface area contributed by atoms with Crippen molar-refractivity contribution >= 4 is 5.57 Å². The van der Waals surface area contributed by atoms with Crippen LogP contribution in [0.1, 0.15) is 62.0 Å². The van der Waals surface area contributed by atoms with Crippen molar-refractivity contribution in [3.63, 3.8) is 0 Å². The molecule has 146 valence electrons. The number of allylic oxidation sites excluding steroid dienone is 4. The molecule has 0 radical (unpaired) electrons. The van der Waals surface area contributed by atoms with E-state index in [0.29, 0.717) is 36.0 Å². The topological polar surface area (TPSA) is 38.0 Å². The smallest absolute Gasteiger partial charge is 0.328 e. The molecule has 1 aromatic carbocycles. The highest BCUT2D eigenvalue weighted by Gasteiger charge is 2.40. The van der Waals surface area contributed by atoms with Crippen LogP contribution in [0.5, 0.6) is 0 Å². The second kappa shape index (κ2) is 7.44. The molecule has 1 aromatic rings. The van der Waals surface area contributed by atoms with Gasteiger partial charge in [0.1, 0.15) is 0 Å². The Balaban J connectivity index is 1.36. The molecular weight excluding hydrogens is 349 g/mol. The highest BCUT2D eigenvalue weighted by molar-refractivity contribution is 5.76. The molecule has 0 spiro atoms. The summed E-state index contributed by atoms with van der Waals surface area (Å²) in [5.74, 6) is 0.524. The van der Waals surface area contributed by atoms with Crippen LogP contribution in [0.15, 0.2) is 42.0 Å². The van der Waals surface area contributed by atoms with Gasteiger partial charge in [-0.25, -0.2) is 0 Å². The van der Waals surface area contributed by atoms with E-state index in [2.05, 4.69) is 17.4 Å². The van der Waals surface area contributed by atoms with E-state index in [4.69, 9.17) is 5.73 Å². The van der Waals surface area contributed by atoms with Crippen molar-refractivity contribution in [2.24, 2.45) is 5.73 Å². The molecule has 3 N–H and O–H groups in total. The Kier molecular flexibility index (Phi) is 5.17. The molecule has 0 amide bonds.